The fourth-order valence-corrected chi connectivity index (χ4v) is 3.83. The molecule has 21 heavy (non-hydrogen) atoms. The van der Waals surface area contributed by atoms with E-state index in [1.807, 2.05) is 0 Å². The van der Waals surface area contributed by atoms with E-state index in [0.29, 0.717) is 0 Å². The molecule has 0 atom stereocenters. The topological polar surface area (TPSA) is 18.5 Å². The van der Waals surface area contributed by atoms with Gasteiger partial charge in [-0.2, -0.15) is 0 Å². The lowest BCUT2D eigenvalue weighted by Gasteiger charge is -2.23. The first-order valence-electron chi connectivity index (χ1n) is 8.11. The molecule has 0 radical (unpaired) electrons. The van der Waals surface area contributed by atoms with E-state index in [2.05, 4.69) is 64.4 Å². The van der Waals surface area contributed by atoms with Gasteiger partial charge in [0.1, 0.15) is 11.5 Å². The van der Waals surface area contributed by atoms with Crippen molar-refractivity contribution in [1.82, 2.24) is 0 Å². The molecule has 1 rings (SSSR count). The highest BCUT2D eigenvalue weighted by Gasteiger charge is 2.20. The van der Waals surface area contributed by atoms with E-state index >= 15 is 0 Å². The molecule has 0 saturated heterocycles. The summed E-state index contributed by atoms with van der Waals surface area (Å²) >= 11 is 0. The minimum Gasteiger partial charge on any atom is -0.544 e. The zero-order valence-electron chi connectivity index (χ0n) is 14.9. The number of unbranched alkanes of at least 4 members (excludes halogenated alkanes) is 2. The number of rotatable bonds is 8. The van der Waals surface area contributed by atoms with Crippen molar-refractivity contribution in [2.45, 2.75) is 71.9 Å². The van der Waals surface area contributed by atoms with Gasteiger partial charge in [-0.1, -0.05) is 19.8 Å². The van der Waals surface area contributed by atoms with Gasteiger partial charge in [0.2, 0.25) is 16.6 Å². The van der Waals surface area contributed by atoms with Crippen LogP contribution in [0.2, 0.25) is 39.3 Å². The van der Waals surface area contributed by atoms with Crippen molar-refractivity contribution in [3.05, 3.63) is 23.8 Å². The molecule has 0 unspecified atom stereocenters. The highest BCUT2D eigenvalue weighted by Crippen LogP contribution is 2.28. The van der Waals surface area contributed by atoms with Crippen LogP contribution in [0.4, 0.5) is 0 Å². The second-order valence-electron chi connectivity index (χ2n) is 7.70. The highest BCUT2D eigenvalue weighted by atomic mass is 28.4. The van der Waals surface area contributed by atoms with Gasteiger partial charge in [-0.25, -0.2) is 0 Å². The van der Waals surface area contributed by atoms with Gasteiger partial charge in [0.05, 0.1) is 0 Å². The van der Waals surface area contributed by atoms with Gasteiger partial charge < -0.3 is 8.85 Å². The zero-order chi connectivity index (χ0) is 16.1. The van der Waals surface area contributed by atoms with Crippen LogP contribution >= 0.6 is 0 Å². The van der Waals surface area contributed by atoms with E-state index in [9.17, 15) is 0 Å². The second-order valence-corrected chi connectivity index (χ2v) is 16.6. The molecule has 0 N–H and O–H groups in total. The first kappa shape index (κ1) is 18.3. The summed E-state index contributed by atoms with van der Waals surface area (Å²) in [5, 5.41) is 0. The van der Waals surface area contributed by atoms with Crippen LogP contribution in [0.5, 0.6) is 11.5 Å². The summed E-state index contributed by atoms with van der Waals surface area (Å²) in [7, 11) is -3.17. The zero-order valence-corrected chi connectivity index (χ0v) is 16.9. The molecule has 0 heterocycles. The third-order valence-corrected chi connectivity index (χ3v) is 4.55. The Morgan fingerprint density at radius 1 is 0.762 bits per heavy atom. The Morgan fingerprint density at radius 2 is 1.24 bits per heavy atom. The first-order chi connectivity index (χ1) is 9.59. The smallest absolute Gasteiger partial charge is 0.242 e. The summed E-state index contributed by atoms with van der Waals surface area (Å²) < 4.78 is 12.4. The predicted octanol–water partition coefficient (Wildman–Crippen LogP) is 5.85. The molecule has 2 nitrogen and oxygen atoms in total. The average molecular weight is 325 g/mol. The van der Waals surface area contributed by atoms with Crippen molar-refractivity contribution >= 4 is 16.6 Å². The van der Waals surface area contributed by atoms with E-state index in [4.69, 9.17) is 8.85 Å². The quantitative estimate of drug-likeness (QED) is 0.441. The maximum Gasteiger partial charge on any atom is 0.242 e. The molecule has 0 aliphatic heterocycles. The third-order valence-electron chi connectivity index (χ3n) is 2.86. The molecule has 4 heteroatoms. The van der Waals surface area contributed by atoms with Crippen LogP contribution in [-0.4, -0.2) is 16.6 Å². The van der Waals surface area contributed by atoms with Crippen molar-refractivity contribution < 1.29 is 8.85 Å². The summed E-state index contributed by atoms with van der Waals surface area (Å²) in [6.45, 7) is 15.5. The largest absolute Gasteiger partial charge is 0.544 e. The lowest BCUT2D eigenvalue weighted by atomic mass is 10.1. The average Bonchev–Trinajstić information content (AvgIpc) is 2.24. The summed E-state index contributed by atoms with van der Waals surface area (Å²) in [5.41, 5.74) is 1.34. The monoisotopic (exact) mass is 324 g/mol. The van der Waals surface area contributed by atoms with Crippen LogP contribution in [0, 0.1) is 0 Å². The molecule has 0 aliphatic carbocycles. The van der Waals surface area contributed by atoms with Crippen LogP contribution in [0.15, 0.2) is 18.2 Å². The molecule has 0 saturated carbocycles. The molecule has 0 spiro atoms. The van der Waals surface area contributed by atoms with Crippen LogP contribution in [-0.2, 0) is 6.42 Å². The Morgan fingerprint density at radius 3 is 1.62 bits per heavy atom. The molecule has 1 aromatic carbocycles. The minimum atomic E-state index is -1.58. The fraction of sp³-hybridized carbons (Fsp3) is 0.647. The SMILES string of the molecule is CCCCCc1cc(O[Si](C)(C)C)cc(O[Si](C)(C)C)c1. The Kier molecular flexibility index (Phi) is 6.53. The third kappa shape index (κ3) is 8.32. The van der Waals surface area contributed by atoms with Gasteiger partial charge in [-0.05, 0) is 69.8 Å². The van der Waals surface area contributed by atoms with Crippen molar-refractivity contribution in [3.63, 3.8) is 0 Å². The Labute approximate surface area is 133 Å². The highest BCUT2D eigenvalue weighted by molar-refractivity contribution is 6.70. The molecule has 0 fully saturated rings. The van der Waals surface area contributed by atoms with Crippen LogP contribution in [0.1, 0.15) is 31.7 Å². The summed E-state index contributed by atoms with van der Waals surface area (Å²) in [6.07, 6.45) is 4.88. The van der Waals surface area contributed by atoms with Gasteiger partial charge in [-0.15, -0.1) is 0 Å². The van der Waals surface area contributed by atoms with E-state index in [1.165, 1.54) is 24.8 Å². The molecule has 0 aliphatic rings. The van der Waals surface area contributed by atoms with Crippen molar-refractivity contribution in [3.8, 4) is 11.5 Å². The number of hydrogen-bond donors (Lipinski definition) is 0. The van der Waals surface area contributed by atoms with Crippen LogP contribution in [0.25, 0.3) is 0 Å². The maximum atomic E-state index is 6.18. The van der Waals surface area contributed by atoms with Gasteiger partial charge >= 0.3 is 0 Å². The van der Waals surface area contributed by atoms with Crippen molar-refractivity contribution in [2.75, 3.05) is 0 Å². The van der Waals surface area contributed by atoms with E-state index in [-0.39, 0.29) is 0 Å². The predicted molar refractivity (Wildman–Crippen MR) is 97.6 cm³/mol. The number of hydrogen-bond acceptors (Lipinski definition) is 2. The maximum absolute atomic E-state index is 6.18. The molecule has 0 bridgehead atoms. The minimum absolute atomic E-state index is 0.983. The Hall–Kier alpha value is -0.746. The molecular formula is C17H32O2Si2. The van der Waals surface area contributed by atoms with Gasteiger partial charge in [0.15, 0.2) is 0 Å². The lowest BCUT2D eigenvalue weighted by molar-refractivity contribution is 0.531. The molecule has 0 aromatic heterocycles. The fourth-order valence-electron chi connectivity index (χ4n) is 2.18. The Bertz CT molecular complexity index is 411. The van der Waals surface area contributed by atoms with E-state index < -0.39 is 16.6 Å². The van der Waals surface area contributed by atoms with Crippen molar-refractivity contribution in [2.24, 2.45) is 0 Å². The molecule has 120 valence electrons. The number of aryl methyl sites for hydroxylation is 1. The summed E-state index contributed by atoms with van der Waals surface area (Å²) in [4.78, 5) is 0. The molecule has 0 amide bonds. The van der Waals surface area contributed by atoms with Crippen LogP contribution < -0.4 is 8.85 Å². The van der Waals surface area contributed by atoms with Gasteiger partial charge in [0.25, 0.3) is 0 Å². The van der Waals surface area contributed by atoms with Gasteiger partial charge in [0, 0.05) is 6.07 Å². The first-order valence-corrected chi connectivity index (χ1v) is 14.9. The van der Waals surface area contributed by atoms with E-state index in [1.54, 1.807) is 0 Å². The molecular weight excluding hydrogens is 292 g/mol. The standard InChI is InChI=1S/C17H32O2Si2/c1-8-9-10-11-15-12-16(18-20(2,3)4)14-17(13-15)19-21(5,6)7/h12-14H,8-11H2,1-7H3. The Balaban J connectivity index is 2.95. The summed E-state index contributed by atoms with van der Waals surface area (Å²) in [6, 6.07) is 6.47. The number of benzene rings is 1. The molecule has 1 aromatic rings. The second kappa shape index (κ2) is 7.50. The van der Waals surface area contributed by atoms with Gasteiger partial charge in [-0.3, -0.25) is 0 Å². The summed E-state index contributed by atoms with van der Waals surface area (Å²) in [5.74, 6) is 1.97. The van der Waals surface area contributed by atoms with E-state index in [0.717, 1.165) is 17.9 Å². The van der Waals surface area contributed by atoms with Crippen molar-refractivity contribution in [1.29, 1.82) is 0 Å². The van der Waals surface area contributed by atoms with Crippen LogP contribution in [0.3, 0.4) is 0 Å². The normalized spacial score (nSPS) is 12.3. The lowest BCUT2D eigenvalue weighted by Crippen LogP contribution is -2.30.